The normalized spacial score (nSPS) is 12.3. The molecule has 0 saturated heterocycles. The lowest BCUT2D eigenvalue weighted by molar-refractivity contribution is 1.18. The Morgan fingerprint density at radius 3 is 1.68 bits per heavy atom. The number of anilines is 1. The van der Waals surface area contributed by atoms with Crippen LogP contribution in [0.5, 0.6) is 0 Å². The molecule has 356 valence electrons. The fourth-order valence-electron chi connectivity index (χ4n) is 11.4. The van der Waals surface area contributed by atoms with Crippen molar-refractivity contribution < 1.29 is 0 Å². The monoisotopic (exact) mass is 959 g/mol. The maximum atomic E-state index is 6.57. The molecule has 1 aliphatic carbocycles. The number of para-hydroxylation sites is 2. The van der Waals surface area contributed by atoms with E-state index in [-0.39, 0.29) is 0 Å². The summed E-state index contributed by atoms with van der Waals surface area (Å²) in [7, 11) is 0. The molecule has 3 nitrogen and oxygen atoms in total. The minimum Gasteiger partial charge on any atom is -0.398 e. The minimum absolute atomic E-state index is 0.822. The number of nitrogens with zero attached hydrogens (tertiary/aromatic N) is 2. The Morgan fingerprint density at radius 2 is 0.987 bits per heavy atom. The predicted molar refractivity (Wildman–Crippen MR) is 321 cm³/mol. The van der Waals surface area contributed by atoms with Gasteiger partial charge in [0.05, 0.1) is 22.1 Å². The number of allylic oxidation sites excluding steroid dienone is 3. The van der Waals surface area contributed by atoms with Gasteiger partial charge in [-0.2, -0.15) is 0 Å². The van der Waals surface area contributed by atoms with Gasteiger partial charge >= 0.3 is 0 Å². The summed E-state index contributed by atoms with van der Waals surface area (Å²) in [5.74, 6) is 0. The van der Waals surface area contributed by atoms with Crippen LogP contribution in [0, 0.1) is 6.92 Å². The Hall–Kier alpha value is -9.70. The van der Waals surface area contributed by atoms with Crippen molar-refractivity contribution in [3.63, 3.8) is 0 Å². The van der Waals surface area contributed by atoms with Gasteiger partial charge in [-0.05, 0) is 152 Å². The summed E-state index contributed by atoms with van der Waals surface area (Å²) in [6.45, 7) is 9.60. The number of rotatable bonds is 8. The number of hydrogen-bond donors (Lipinski definition) is 1. The lowest BCUT2D eigenvalue weighted by Gasteiger charge is -2.11. The Morgan fingerprint density at radius 1 is 0.440 bits per heavy atom. The molecular weight excluding hydrogens is 907 g/mol. The van der Waals surface area contributed by atoms with Gasteiger partial charge < -0.3 is 14.9 Å². The van der Waals surface area contributed by atoms with Crippen molar-refractivity contribution in [2.45, 2.75) is 13.3 Å². The van der Waals surface area contributed by atoms with Gasteiger partial charge in [0.25, 0.3) is 0 Å². The maximum Gasteiger partial charge on any atom is 0.0541 e. The number of nitrogen functional groups attached to an aromatic ring is 1. The first-order chi connectivity index (χ1) is 36.9. The molecule has 0 saturated carbocycles. The van der Waals surface area contributed by atoms with Crippen LogP contribution in [0.2, 0.25) is 0 Å². The highest BCUT2D eigenvalue weighted by molar-refractivity contribution is 6.13. The van der Waals surface area contributed by atoms with Gasteiger partial charge in [0.1, 0.15) is 0 Å². The summed E-state index contributed by atoms with van der Waals surface area (Å²) in [5.41, 5.74) is 30.1. The molecule has 0 atom stereocenters. The molecule has 0 radical (unpaired) electrons. The second-order valence-corrected chi connectivity index (χ2v) is 19.7. The molecule has 0 amide bonds. The van der Waals surface area contributed by atoms with Crippen LogP contribution in [-0.4, -0.2) is 9.13 Å². The quantitative estimate of drug-likeness (QED) is 0.120. The van der Waals surface area contributed by atoms with Crippen LogP contribution in [-0.2, 0) is 6.42 Å². The number of nitrogens with two attached hydrogens (primary N) is 1. The first kappa shape index (κ1) is 45.2. The van der Waals surface area contributed by atoms with E-state index < -0.39 is 0 Å². The van der Waals surface area contributed by atoms with Gasteiger partial charge in [0.2, 0.25) is 0 Å². The van der Waals surface area contributed by atoms with E-state index in [4.69, 9.17) is 5.73 Å². The Kier molecular flexibility index (Phi) is 11.3. The molecule has 1 aliphatic rings. The molecule has 0 spiro atoms. The average Bonchev–Trinajstić information content (AvgIpc) is 4.11. The molecule has 75 heavy (non-hydrogen) atoms. The Labute approximate surface area is 437 Å². The molecule has 2 N–H and O–H groups in total. The fourth-order valence-corrected chi connectivity index (χ4v) is 11.4. The summed E-state index contributed by atoms with van der Waals surface area (Å²) in [4.78, 5) is 0. The van der Waals surface area contributed by atoms with E-state index in [1.807, 2.05) is 18.2 Å². The number of fused-ring (bicyclic) bond motifs is 10. The molecule has 0 aliphatic heterocycles. The number of aromatic nitrogens is 2. The van der Waals surface area contributed by atoms with Crippen LogP contribution in [0.15, 0.2) is 268 Å². The fraction of sp³-hybridized carbons (Fsp3) is 0.0278. The van der Waals surface area contributed by atoms with Crippen molar-refractivity contribution in [1.29, 1.82) is 0 Å². The first-order valence-electron chi connectivity index (χ1n) is 25.7. The van der Waals surface area contributed by atoms with Gasteiger partial charge in [-0.3, -0.25) is 0 Å². The van der Waals surface area contributed by atoms with E-state index in [2.05, 4.69) is 260 Å². The van der Waals surface area contributed by atoms with Gasteiger partial charge in [-0.25, -0.2) is 0 Å². The van der Waals surface area contributed by atoms with Crippen molar-refractivity contribution in [3.05, 3.63) is 296 Å². The minimum atomic E-state index is 0.822. The second-order valence-electron chi connectivity index (χ2n) is 19.7. The van der Waals surface area contributed by atoms with Gasteiger partial charge in [0, 0.05) is 44.2 Å². The highest BCUT2D eigenvalue weighted by Crippen LogP contribution is 2.47. The van der Waals surface area contributed by atoms with Gasteiger partial charge in [0.15, 0.2) is 0 Å². The second kappa shape index (κ2) is 18.7. The summed E-state index contributed by atoms with van der Waals surface area (Å²) < 4.78 is 4.82. The van der Waals surface area contributed by atoms with E-state index in [0.29, 0.717) is 0 Å². The van der Waals surface area contributed by atoms with Crippen molar-refractivity contribution in [1.82, 2.24) is 9.13 Å². The van der Waals surface area contributed by atoms with Crippen molar-refractivity contribution in [3.8, 4) is 44.8 Å². The van der Waals surface area contributed by atoms with E-state index in [1.165, 1.54) is 110 Å². The van der Waals surface area contributed by atoms with E-state index in [0.717, 1.165) is 40.2 Å². The summed E-state index contributed by atoms with van der Waals surface area (Å²) in [5, 5.41) is 7.44. The third-order valence-corrected chi connectivity index (χ3v) is 15.1. The molecular formula is C72H53N3. The Balaban J connectivity index is 0.000000440. The van der Waals surface area contributed by atoms with Crippen LogP contribution in [0.3, 0.4) is 0 Å². The van der Waals surface area contributed by atoms with E-state index in [1.54, 1.807) is 6.08 Å². The lowest BCUT2D eigenvalue weighted by atomic mass is 9.98. The van der Waals surface area contributed by atoms with Crippen LogP contribution >= 0.6 is 0 Å². The zero-order chi connectivity index (χ0) is 50.6. The van der Waals surface area contributed by atoms with Crippen LogP contribution < -0.4 is 5.73 Å². The number of hydrogen-bond acceptors (Lipinski definition) is 1. The van der Waals surface area contributed by atoms with Crippen molar-refractivity contribution >= 4 is 71.2 Å². The maximum absolute atomic E-state index is 6.57. The smallest absolute Gasteiger partial charge is 0.0541 e. The SMILES string of the molecule is C=CC(=C)c1cccc(C)c1.Nc1cccc2c1/C(=C\Cc1ccc3cc(-n4c5ccccc5c5cc(-c6ccc7c(c6)c6ccccc6n7-c6ccc(-c7ccccc7)cc6)ccc54)ccc3c1)c1ccccc1-2. The van der Waals surface area contributed by atoms with Crippen LogP contribution in [0.1, 0.15) is 27.8 Å². The largest absolute Gasteiger partial charge is 0.398 e. The summed E-state index contributed by atoms with van der Waals surface area (Å²) in [6.07, 6.45) is 4.95. The first-order valence-corrected chi connectivity index (χ1v) is 25.7. The van der Waals surface area contributed by atoms with Gasteiger partial charge in [-0.1, -0.05) is 207 Å². The molecule has 2 heterocycles. The molecule has 0 fully saturated rings. The molecule has 13 aromatic rings. The third-order valence-electron chi connectivity index (χ3n) is 15.1. The average molecular weight is 960 g/mol. The highest BCUT2D eigenvalue weighted by Gasteiger charge is 2.25. The van der Waals surface area contributed by atoms with Gasteiger partial charge in [-0.15, -0.1) is 0 Å². The molecule has 0 bridgehead atoms. The van der Waals surface area contributed by atoms with Crippen LogP contribution in [0.4, 0.5) is 5.69 Å². The third kappa shape index (κ3) is 8.03. The highest BCUT2D eigenvalue weighted by atomic mass is 15.0. The number of benzene rings is 11. The predicted octanol–water partition coefficient (Wildman–Crippen LogP) is 18.8. The van der Waals surface area contributed by atoms with Crippen molar-refractivity contribution in [2.75, 3.05) is 5.73 Å². The molecule has 0 unspecified atom stereocenters. The summed E-state index contributed by atoms with van der Waals surface area (Å²) >= 11 is 0. The lowest BCUT2D eigenvalue weighted by Crippen LogP contribution is -1.94. The molecule has 3 heteroatoms. The molecule has 11 aromatic carbocycles. The standard InChI is InChI=1S/C61H41N3.C11H12/c62-56-18-10-17-52-48-13-4-5-14-49(48)53(61(52)56)32-22-39-21-23-43-36-47(31-26-42(43)35-39)64-58-20-9-7-16-51(58)55-38-45(28-34-60(55)64)44-27-33-59-54(37-44)50-15-6-8-19-57(50)63(59)46-29-24-41(25-30-46)40-11-2-1-3-12-40;1-4-10(3)11-7-5-6-9(2)8-11/h1-21,23-38H,22,62H2;4-8H,1,3H2,2H3/b53-32-;. The molecule has 14 rings (SSSR count). The number of aryl methyl sites for hydroxylation is 1. The topological polar surface area (TPSA) is 35.9 Å². The Bertz CT molecular complexity index is 4430. The zero-order valence-electron chi connectivity index (χ0n) is 41.8. The van der Waals surface area contributed by atoms with E-state index in [9.17, 15) is 0 Å². The zero-order valence-corrected chi connectivity index (χ0v) is 41.8. The van der Waals surface area contributed by atoms with Crippen LogP contribution in [0.25, 0.3) is 110 Å². The van der Waals surface area contributed by atoms with Crippen molar-refractivity contribution in [2.24, 2.45) is 0 Å². The molecule has 2 aromatic heterocycles. The summed E-state index contributed by atoms with van der Waals surface area (Å²) in [6, 6.07) is 87.9. The van der Waals surface area contributed by atoms with E-state index >= 15 is 0 Å².